The summed E-state index contributed by atoms with van der Waals surface area (Å²) in [5, 5.41) is 0. The Bertz CT molecular complexity index is 486. The topological polar surface area (TPSA) is 35.5 Å². The summed E-state index contributed by atoms with van der Waals surface area (Å²) in [4.78, 5) is 12.0. The molecular weight excluding hydrogens is 252 g/mol. The lowest BCUT2D eigenvalue weighted by atomic mass is 9.81. The van der Waals surface area contributed by atoms with E-state index in [1.807, 2.05) is 18.2 Å². The molecule has 1 aliphatic heterocycles. The molecule has 3 nitrogen and oxygen atoms in total. The maximum atomic E-state index is 12.0. The molecule has 3 rings (SSSR count). The molecular formula is C17H20O3. The molecule has 1 unspecified atom stereocenters. The lowest BCUT2D eigenvalue weighted by molar-refractivity contribution is -0.188. The van der Waals surface area contributed by atoms with Crippen LogP contribution in [-0.4, -0.2) is 24.8 Å². The number of hydrogen-bond acceptors (Lipinski definition) is 3. The van der Waals surface area contributed by atoms with Gasteiger partial charge in [-0.1, -0.05) is 42.5 Å². The van der Waals surface area contributed by atoms with Crippen molar-refractivity contribution in [3.63, 3.8) is 0 Å². The van der Waals surface area contributed by atoms with Gasteiger partial charge in [0.2, 0.25) is 0 Å². The quantitative estimate of drug-likeness (QED) is 0.847. The van der Waals surface area contributed by atoms with Crippen molar-refractivity contribution in [3.05, 3.63) is 42.0 Å². The van der Waals surface area contributed by atoms with Crippen molar-refractivity contribution in [2.75, 3.05) is 13.2 Å². The summed E-state index contributed by atoms with van der Waals surface area (Å²) in [5.41, 5.74) is 1.17. The van der Waals surface area contributed by atoms with E-state index in [1.165, 1.54) is 5.56 Å². The van der Waals surface area contributed by atoms with E-state index >= 15 is 0 Å². The molecule has 1 aromatic rings. The predicted octanol–water partition coefficient (Wildman–Crippen LogP) is 3.20. The molecule has 3 heteroatoms. The van der Waals surface area contributed by atoms with E-state index in [-0.39, 0.29) is 5.92 Å². The highest BCUT2D eigenvalue weighted by atomic mass is 16.7. The number of carbonyl (C=O) groups excluding carboxylic acids is 1. The Labute approximate surface area is 119 Å². The highest BCUT2D eigenvalue weighted by Crippen LogP contribution is 2.38. The van der Waals surface area contributed by atoms with Gasteiger partial charge in [-0.15, -0.1) is 0 Å². The molecule has 0 aromatic heterocycles. The van der Waals surface area contributed by atoms with E-state index in [4.69, 9.17) is 9.47 Å². The molecule has 1 aliphatic carbocycles. The number of carbonyl (C=O) groups is 1. The summed E-state index contributed by atoms with van der Waals surface area (Å²) in [5.74, 6) is -0.103. The standard InChI is InChI=1S/C17H20O3/c18-16-9-10-17(19-11-12-20-17)13-15(16)8-4-7-14-5-2-1-3-6-14/h1-7,15H,8-13H2/b7-4+. The van der Waals surface area contributed by atoms with Crippen LogP contribution in [0.3, 0.4) is 0 Å². The highest BCUT2D eigenvalue weighted by Gasteiger charge is 2.44. The monoisotopic (exact) mass is 272 g/mol. The molecule has 2 aliphatic rings. The Kier molecular flexibility index (Phi) is 3.99. The average molecular weight is 272 g/mol. The molecule has 0 radical (unpaired) electrons. The molecule has 1 saturated heterocycles. The van der Waals surface area contributed by atoms with Gasteiger partial charge in [-0.2, -0.15) is 0 Å². The van der Waals surface area contributed by atoms with Crippen molar-refractivity contribution >= 4 is 11.9 Å². The molecule has 0 amide bonds. The van der Waals surface area contributed by atoms with Crippen LogP contribution in [0.5, 0.6) is 0 Å². The van der Waals surface area contributed by atoms with Crippen LogP contribution in [0.2, 0.25) is 0 Å². The third kappa shape index (κ3) is 3.00. The maximum Gasteiger partial charge on any atom is 0.169 e. The highest BCUT2D eigenvalue weighted by molar-refractivity contribution is 5.82. The molecule has 1 spiro atoms. The van der Waals surface area contributed by atoms with Gasteiger partial charge in [-0.3, -0.25) is 4.79 Å². The number of Topliss-reactive ketones (excluding diaryl/α,β-unsaturated/α-hetero) is 1. The van der Waals surface area contributed by atoms with E-state index in [1.54, 1.807) is 0 Å². The number of ether oxygens (including phenoxy) is 2. The lowest BCUT2D eigenvalue weighted by Gasteiger charge is -2.34. The van der Waals surface area contributed by atoms with E-state index in [9.17, 15) is 4.79 Å². The van der Waals surface area contributed by atoms with Crippen LogP contribution in [0.25, 0.3) is 6.08 Å². The molecule has 0 bridgehead atoms. The van der Waals surface area contributed by atoms with Crippen LogP contribution >= 0.6 is 0 Å². The summed E-state index contributed by atoms with van der Waals surface area (Å²) >= 11 is 0. The lowest BCUT2D eigenvalue weighted by Crippen LogP contribution is -2.40. The van der Waals surface area contributed by atoms with Gasteiger partial charge in [0.15, 0.2) is 5.79 Å². The van der Waals surface area contributed by atoms with Crippen molar-refractivity contribution in [2.24, 2.45) is 5.92 Å². The van der Waals surface area contributed by atoms with E-state index < -0.39 is 5.79 Å². The minimum absolute atomic E-state index is 0.0295. The first-order valence-corrected chi connectivity index (χ1v) is 7.30. The molecule has 20 heavy (non-hydrogen) atoms. The zero-order chi connectivity index (χ0) is 13.8. The van der Waals surface area contributed by atoms with Crippen LogP contribution < -0.4 is 0 Å². The molecule has 1 aromatic carbocycles. The van der Waals surface area contributed by atoms with Gasteiger partial charge in [0, 0.05) is 25.2 Å². The maximum absolute atomic E-state index is 12.0. The first kappa shape index (κ1) is 13.5. The Morgan fingerprint density at radius 1 is 1.20 bits per heavy atom. The van der Waals surface area contributed by atoms with Crippen LogP contribution in [-0.2, 0) is 14.3 Å². The SMILES string of the molecule is O=C1CCC2(CC1C/C=C/c1ccccc1)OCCO2. The van der Waals surface area contributed by atoms with Crippen LogP contribution in [0.4, 0.5) is 0 Å². The molecule has 106 valence electrons. The van der Waals surface area contributed by atoms with Crippen molar-refractivity contribution < 1.29 is 14.3 Å². The van der Waals surface area contributed by atoms with Gasteiger partial charge in [0.05, 0.1) is 13.2 Å². The molecule has 1 atom stereocenters. The molecule has 2 fully saturated rings. The fraction of sp³-hybridized carbons (Fsp3) is 0.471. The van der Waals surface area contributed by atoms with Gasteiger partial charge < -0.3 is 9.47 Å². The normalized spacial score (nSPS) is 25.6. The Balaban J connectivity index is 1.61. The summed E-state index contributed by atoms with van der Waals surface area (Å²) in [6.45, 7) is 1.31. The predicted molar refractivity (Wildman–Crippen MR) is 77.1 cm³/mol. The van der Waals surface area contributed by atoms with Crippen LogP contribution in [0.15, 0.2) is 36.4 Å². The minimum atomic E-state index is -0.473. The van der Waals surface area contributed by atoms with Crippen LogP contribution in [0, 0.1) is 5.92 Å². The number of hydrogen-bond donors (Lipinski definition) is 0. The van der Waals surface area contributed by atoms with Crippen molar-refractivity contribution in [1.29, 1.82) is 0 Å². The van der Waals surface area contributed by atoms with E-state index in [0.717, 1.165) is 6.42 Å². The van der Waals surface area contributed by atoms with Crippen molar-refractivity contribution in [2.45, 2.75) is 31.5 Å². The summed E-state index contributed by atoms with van der Waals surface area (Å²) in [6, 6.07) is 10.1. The number of rotatable bonds is 3. The van der Waals surface area contributed by atoms with Crippen molar-refractivity contribution in [1.82, 2.24) is 0 Å². The summed E-state index contributed by atoms with van der Waals surface area (Å²) in [6.07, 6.45) is 6.92. The number of benzene rings is 1. The fourth-order valence-corrected chi connectivity index (χ4v) is 3.02. The van der Waals surface area contributed by atoms with Crippen molar-refractivity contribution in [3.8, 4) is 0 Å². The van der Waals surface area contributed by atoms with Gasteiger partial charge >= 0.3 is 0 Å². The van der Waals surface area contributed by atoms with Crippen LogP contribution in [0.1, 0.15) is 31.2 Å². The third-order valence-electron chi connectivity index (χ3n) is 4.11. The Morgan fingerprint density at radius 2 is 1.95 bits per heavy atom. The second-order valence-corrected chi connectivity index (χ2v) is 5.52. The number of ketones is 1. The second kappa shape index (κ2) is 5.90. The third-order valence-corrected chi connectivity index (χ3v) is 4.11. The molecule has 1 heterocycles. The zero-order valence-corrected chi connectivity index (χ0v) is 11.6. The van der Waals surface area contributed by atoms with E-state index in [2.05, 4.69) is 24.3 Å². The minimum Gasteiger partial charge on any atom is -0.347 e. The largest absolute Gasteiger partial charge is 0.347 e. The van der Waals surface area contributed by atoms with Gasteiger partial charge in [-0.05, 0) is 12.0 Å². The number of allylic oxidation sites excluding steroid dienone is 1. The zero-order valence-electron chi connectivity index (χ0n) is 11.6. The fourth-order valence-electron chi connectivity index (χ4n) is 3.02. The van der Waals surface area contributed by atoms with Gasteiger partial charge in [0.25, 0.3) is 0 Å². The Hall–Kier alpha value is -1.45. The second-order valence-electron chi connectivity index (χ2n) is 5.52. The molecule has 0 N–H and O–H groups in total. The molecule has 1 saturated carbocycles. The van der Waals surface area contributed by atoms with Gasteiger partial charge in [-0.25, -0.2) is 0 Å². The first-order chi connectivity index (χ1) is 9.77. The Morgan fingerprint density at radius 3 is 2.70 bits per heavy atom. The first-order valence-electron chi connectivity index (χ1n) is 7.30. The van der Waals surface area contributed by atoms with Gasteiger partial charge in [0.1, 0.15) is 5.78 Å². The summed E-state index contributed by atoms with van der Waals surface area (Å²) < 4.78 is 11.5. The summed E-state index contributed by atoms with van der Waals surface area (Å²) in [7, 11) is 0. The van der Waals surface area contributed by atoms with E-state index in [0.29, 0.717) is 38.3 Å². The smallest absolute Gasteiger partial charge is 0.169 e. The average Bonchev–Trinajstić information content (AvgIpc) is 2.92.